The molecular formula is C61H53N. The number of nitrogens with zero attached hydrogens (tertiary/aromatic N) is 1. The summed E-state index contributed by atoms with van der Waals surface area (Å²) in [5.41, 5.74) is 24.5. The van der Waals surface area contributed by atoms with Crippen LogP contribution in [0.3, 0.4) is 0 Å². The molecule has 1 nitrogen and oxygen atoms in total. The fourth-order valence-corrected chi connectivity index (χ4v) is 12.1. The average Bonchev–Trinajstić information content (AvgIpc) is 3.82. The summed E-state index contributed by atoms with van der Waals surface area (Å²) in [6.45, 7) is 0. The first-order chi connectivity index (χ1) is 30.7. The van der Waals surface area contributed by atoms with Crippen LogP contribution >= 0.6 is 0 Å². The van der Waals surface area contributed by atoms with Crippen molar-refractivity contribution < 1.29 is 0 Å². The van der Waals surface area contributed by atoms with E-state index in [4.69, 9.17) is 0 Å². The van der Waals surface area contributed by atoms with Gasteiger partial charge in [0.05, 0.1) is 5.41 Å². The zero-order valence-electron chi connectivity index (χ0n) is 35.6. The highest BCUT2D eigenvalue weighted by atomic mass is 15.2. The zero-order valence-corrected chi connectivity index (χ0v) is 35.6. The third kappa shape index (κ3) is 6.11. The minimum Gasteiger partial charge on any atom is -0.315 e. The van der Waals surface area contributed by atoms with E-state index in [1.807, 2.05) is 0 Å². The predicted molar refractivity (Wildman–Crippen MR) is 258 cm³/mol. The molecule has 0 radical (unpaired) electrons. The van der Waals surface area contributed by atoms with Crippen molar-refractivity contribution in [3.05, 3.63) is 261 Å². The molecule has 0 saturated carbocycles. The van der Waals surface area contributed by atoms with Crippen LogP contribution in [-0.4, -0.2) is 4.90 Å². The fourth-order valence-electron chi connectivity index (χ4n) is 12.1. The van der Waals surface area contributed by atoms with E-state index < -0.39 is 0 Å². The topological polar surface area (TPSA) is 3.24 Å². The van der Waals surface area contributed by atoms with Gasteiger partial charge in [0.2, 0.25) is 0 Å². The van der Waals surface area contributed by atoms with Crippen LogP contribution < -0.4 is 0 Å². The van der Waals surface area contributed by atoms with Gasteiger partial charge in [-0.25, -0.2) is 0 Å². The van der Waals surface area contributed by atoms with E-state index in [0.717, 1.165) is 64.2 Å². The Hall–Kier alpha value is -6.44. The van der Waals surface area contributed by atoms with E-state index >= 15 is 0 Å². The second kappa shape index (κ2) is 15.5. The van der Waals surface area contributed by atoms with E-state index in [2.05, 4.69) is 193 Å². The molecule has 4 aromatic rings. The quantitative estimate of drug-likeness (QED) is 0.180. The van der Waals surface area contributed by atoms with E-state index in [9.17, 15) is 0 Å². The third-order valence-corrected chi connectivity index (χ3v) is 14.9. The Labute approximate surface area is 368 Å². The maximum absolute atomic E-state index is 2.69. The number of hydrogen-bond acceptors (Lipinski definition) is 1. The lowest BCUT2D eigenvalue weighted by molar-refractivity contribution is 0.506. The van der Waals surface area contributed by atoms with Gasteiger partial charge >= 0.3 is 0 Å². The lowest BCUT2D eigenvalue weighted by Crippen LogP contribution is -2.29. The van der Waals surface area contributed by atoms with Crippen molar-refractivity contribution in [1.29, 1.82) is 0 Å². The second-order valence-electron chi connectivity index (χ2n) is 18.3. The summed E-state index contributed by atoms with van der Waals surface area (Å²) in [5, 5.41) is 0. The van der Waals surface area contributed by atoms with Crippen LogP contribution in [0.15, 0.2) is 250 Å². The van der Waals surface area contributed by atoms with Crippen LogP contribution in [0, 0.1) is 5.41 Å². The third-order valence-electron chi connectivity index (χ3n) is 14.9. The molecule has 8 aliphatic carbocycles. The van der Waals surface area contributed by atoms with Gasteiger partial charge < -0.3 is 4.90 Å². The van der Waals surface area contributed by atoms with Crippen molar-refractivity contribution in [2.75, 3.05) is 0 Å². The molecule has 302 valence electrons. The van der Waals surface area contributed by atoms with Gasteiger partial charge in [-0.1, -0.05) is 170 Å². The maximum Gasteiger partial charge on any atom is 0.0712 e. The summed E-state index contributed by atoms with van der Waals surface area (Å²) < 4.78 is 0. The maximum atomic E-state index is 2.69. The normalized spacial score (nSPS) is 23.0. The Morgan fingerprint density at radius 3 is 1.32 bits per heavy atom. The molecule has 0 heterocycles. The first kappa shape index (κ1) is 37.3. The minimum atomic E-state index is -0.200. The first-order valence-corrected chi connectivity index (χ1v) is 23.3. The number of hydrogen-bond donors (Lipinski definition) is 0. The van der Waals surface area contributed by atoms with Crippen molar-refractivity contribution in [2.45, 2.75) is 76.0 Å². The van der Waals surface area contributed by atoms with E-state index in [1.165, 1.54) is 50.5 Å². The zero-order chi connectivity index (χ0) is 41.0. The molecule has 4 aromatic carbocycles. The SMILES string of the molecule is C1=CC2=C(CC1)C1=C(C=CCC1)C21C2=C(CCC=C2)C2=C1C=C(N(C1=CCC(c3cccc(-c4ccccc4)c3)C=C1)C1=CCC(c3cccc(-c4ccccc4)c3)C=C1)CC2. The number of benzene rings is 4. The molecule has 0 N–H and O–H groups in total. The number of allylic oxidation sites excluding steroid dienone is 22. The summed E-state index contributed by atoms with van der Waals surface area (Å²) >= 11 is 0. The Morgan fingerprint density at radius 2 is 0.871 bits per heavy atom. The standard InChI is InChI=1S/C61H53N/c1-3-15-42(16-4-1)46-19-13-21-48(39-46)44-29-33-50(34-30-44)62(51-35-31-45(32-36-51)49-22-14-20-47(40-49)43-17-5-2-6-18-43)52-37-38-56-55-25-9-12-28-59(55)61(60(56)41-52)57-26-10-7-23-53(57)54-24-8-11-27-58(54)61/h1-6,10-22,26-29,31,33-36,39-41,44-45H,7-9,23-25,30,32,37-38H2. The van der Waals surface area contributed by atoms with Crippen LogP contribution in [0.25, 0.3) is 22.3 Å². The largest absolute Gasteiger partial charge is 0.315 e. The summed E-state index contributed by atoms with van der Waals surface area (Å²) in [6.07, 6.45) is 43.5. The summed E-state index contributed by atoms with van der Waals surface area (Å²) in [7, 11) is 0. The summed E-state index contributed by atoms with van der Waals surface area (Å²) in [5.74, 6) is 0.671. The molecule has 8 aliphatic rings. The molecule has 0 aromatic heterocycles. The number of rotatable bonds is 7. The van der Waals surface area contributed by atoms with Gasteiger partial charge in [-0.05, 0) is 160 Å². The van der Waals surface area contributed by atoms with E-state index in [1.54, 1.807) is 44.6 Å². The molecule has 1 heteroatoms. The molecule has 2 atom stereocenters. The van der Waals surface area contributed by atoms with Gasteiger partial charge in [0.1, 0.15) is 0 Å². The second-order valence-corrected chi connectivity index (χ2v) is 18.3. The average molecular weight is 800 g/mol. The molecule has 0 aliphatic heterocycles. The van der Waals surface area contributed by atoms with Gasteiger partial charge in [0.15, 0.2) is 0 Å². The minimum absolute atomic E-state index is 0.200. The van der Waals surface area contributed by atoms with Gasteiger partial charge in [0, 0.05) is 28.9 Å². The summed E-state index contributed by atoms with van der Waals surface area (Å²) in [4.78, 5) is 2.65. The molecule has 0 bridgehead atoms. The van der Waals surface area contributed by atoms with Crippen LogP contribution in [0.1, 0.15) is 87.2 Å². The molecule has 12 rings (SSSR count). The van der Waals surface area contributed by atoms with Crippen LogP contribution in [-0.2, 0) is 0 Å². The molecule has 0 fully saturated rings. The van der Waals surface area contributed by atoms with Crippen molar-refractivity contribution in [3.63, 3.8) is 0 Å². The van der Waals surface area contributed by atoms with Crippen molar-refractivity contribution in [3.8, 4) is 22.3 Å². The Morgan fingerprint density at radius 1 is 0.419 bits per heavy atom. The molecule has 1 spiro atoms. The van der Waals surface area contributed by atoms with Gasteiger partial charge in [-0.3, -0.25) is 0 Å². The molecule has 62 heavy (non-hydrogen) atoms. The monoisotopic (exact) mass is 799 g/mol. The molecular weight excluding hydrogens is 747 g/mol. The smallest absolute Gasteiger partial charge is 0.0712 e. The van der Waals surface area contributed by atoms with E-state index in [-0.39, 0.29) is 5.41 Å². The molecule has 0 saturated heterocycles. The van der Waals surface area contributed by atoms with Gasteiger partial charge in [-0.15, -0.1) is 0 Å². The Balaban J connectivity index is 0.934. The highest BCUT2D eigenvalue weighted by molar-refractivity contribution is 5.80. The van der Waals surface area contributed by atoms with Crippen molar-refractivity contribution in [2.24, 2.45) is 5.41 Å². The molecule has 0 amide bonds. The van der Waals surface area contributed by atoms with Crippen LogP contribution in [0.4, 0.5) is 0 Å². The van der Waals surface area contributed by atoms with Crippen LogP contribution in [0.2, 0.25) is 0 Å². The lowest BCUT2D eigenvalue weighted by atomic mass is 9.64. The van der Waals surface area contributed by atoms with Gasteiger partial charge in [0.25, 0.3) is 0 Å². The molecule has 2 unspecified atom stereocenters. The van der Waals surface area contributed by atoms with Crippen molar-refractivity contribution >= 4 is 0 Å². The fraction of sp³-hybridized carbons (Fsp3) is 0.213. The lowest BCUT2D eigenvalue weighted by Gasteiger charge is -2.39. The van der Waals surface area contributed by atoms with Crippen LogP contribution in [0.5, 0.6) is 0 Å². The predicted octanol–water partition coefficient (Wildman–Crippen LogP) is 15.8. The number of fused-ring (bicyclic) bond motifs is 6. The van der Waals surface area contributed by atoms with Gasteiger partial charge in [-0.2, -0.15) is 0 Å². The van der Waals surface area contributed by atoms with E-state index in [0.29, 0.717) is 11.8 Å². The highest BCUT2D eigenvalue weighted by Gasteiger charge is 2.55. The Bertz CT molecular complexity index is 2710. The highest BCUT2D eigenvalue weighted by Crippen LogP contribution is 2.67. The van der Waals surface area contributed by atoms with Crippen molar-refractivity contribution in [1.82, 2.24) is 4.90 Å². The first-order valence-electron chi connectivity index (χ1n) is 23.3. The summed E-state index contributed by atoms with van der Waals surface area (Å²) in [6, 6.07) is 39.9. The Kier molecular flexibility index (Phi) is 9.32.